The van der Waals surface area contributed by atoms with Gasteiger partial charge in [-0.1, -0.05) is 0 Å². The lowest BCUT2D eigenvalue weighted by Crippen LogP contribution is -2.39. The fraction of sp³-hybridized carbons (Fsp3) is 0.450. The molecule has 0 N–H and O–H groups in total. The van der Waals surface area contributed by atoms with Crippen LogP contribution in [-0.2, 0) is 30.2 Å². The molecule has 2 amide bonds. The Balaban J connectivity index is 1.63. The van der Waals surface area contributed by atoms with E-state index in [9.17, 15) is 14.4 Å². The van der Waals surface area contributed by atoms with E-state index in [1.807, 2.05) is 11.4 Å². The van der Waals surface area contributed by atoms with Crippen LogP contribution in [0.1, 0.15) is 44.2 Å². The number of likely N-dealkylation sites (tertiary alicyclic amines) is 1. The lowest BCUT2D eigenvalue weighted by Gasteiger charge is -2.26. The number of imide groups is 1. The monoisotopic (exact) mass is 403 g/mol. The highest BCUT2D eigenvalue weighted by molar-refractivity contribution is 7.10. The molecule has 3 heterocycles. The third kappa shape index (κ3) is 3.11. The number of esters is 1. The molecule has 3 atom stereocenters. The van der Waals surface area contributed by atoms with E-state index in [1.54, 1.807) is 45.1 Å². The number of thiophene rings is 1. The Labute approximate surface area is 166 Å². The summed E-state index contributed by atoms with van der Waals surface area (Å²) in [7, 11) is 0. The molecule has 1 aliphatic carbocycles. The molecule has 1 saturated heterocycles. The zero-order valence-corrected chi connectivity index (χ0v) is 16.9. The molecule has 2 aliphatic heterocycles. The van der Waals surface area contributed by atoms with E-state index in [1.165, 1.54) is 11.2 Å². The Morgan fingerprint density at radius 2 is 2.11 bits per heavy atom. The van der Waals surface area contributed by atoms with Gasteiger partial charge in [-0.05, 0) is 51.1 Å². The maximum atomic E-state index is 13.1. The molecule has 1 aromatic rings. The van der Waals surface area contributed by atoms with Crippen LogP contribution >= 0.6 is 11.3 Å². The van der Waals surface area contributed by atoms with Crippen molar-refractivity contribution in [3.05, 3.63) is 45.4 Å². The molecule has 1 fully saturated rings. The average Bonchev–Trinajstić information content (AvgIpc) is 3.28. The molecule has 148 valence electrons. The van der Waals surface area contributed by atoms with E-state index in [0.717, 1.165) is 10.4 Å². The summed E-state index contributed by atoms with van der Waals surface area (Å²) in [6, 6.07) is 1.55. The van der Waals surface area contributed by atoms with Gasteiger partial charge in [0.1, 0.15) is 5.60 Å². The van der Waals surface area contributed by atoms with Crippen molar-refractivity contribution in [2.24, 2.45) is 5.92 Å². The molecule has 3 aliphatic rings. The molecular formula is C20H21NO6S. The van der Waals surface area contributed by atoms with Crippen LogP contribution in [-0.4, -0.2) is 34.8 Å². The van der Waals surface area contributed by atoms with Gasteiger partial charge in [0.2, 0.25) is 0 Å². The van der Waals surface area contributed by atoms with Crippen LogP contribution in [0.25, 0.3) is 0 Å². The van der Waals surface area contributed by atoms with E-state index < -0.39 is 35.9 Å². The van der Waals surface area contributed by atoms with E-state index in [4.69, 9.17) is 14.2 Å². The average molecular weight is 403 g/mol. The molecule has 1 aromatic heterocycles. The molecular weight excluding hydrogens is 382 g/mol. The minimum absolute atomic E-state index is 0.204. The van der Waals surface area contributed by atoms with Crippen LogP contribution in [0.2, 0.25) is 0 Å². The van der Waals surface area contributed by atoms with Crippen molar-refractivity contribution in [2.45, 2.75) is 52.0 Å². The van der Waals surface area contributed by atoms with Crippen molar-refractivity contribution >= 4 is 29.3 Å². The summed E-state index contributed by atoms with van der Waals surface area (Å²) in [5.74, 6) is -1.09. The summed E-state index contributed by atoms with van der Waals surface area (Å²) in [5, 5.41) is 1.96. The third-order valence-corrected chi connectivity index (χ3v) is 5.84. The minimum atomic E-state index is -0.864. The molecule has 0 radical (unpaired) electrons. The zero-order chi connectivity index (χ0) is 20.2. The van der Waals surface area contributed by atoms with Crippen molar-refractivity contribution in [1.82, 2.24) is 4.90 Å². The number of nitrogens with zero attached hydrogens (tertiary/aromatic N) is 1. The van der Waals surface area contributed by atoms with E-state index in [-0.39, 0.29) is 5.92 Å². The maximum absolute atomic E-state index is 13.1. The van der Waals surface area contributed by atoms with Crippen LogP contribution in [0.15, 0.2) is 34.9 Å². The second-order valence-corrected chi connectivity index (χ2v) is 9.04. The molecule has 3 unspecified atom stereocenters. The highest BCUT2D eigenvalue weighted by Gasteiger charge is 2.53. The third-order valence-electron chi connectivity index (χ3n) is 4.88. The van der Waals surface area contributed by atoms with Gasteiger partial charge >= 0.3 is 12.1 Å². The molecule has 0 spiro atoms. The topological polar surface area (TPSA) is 82.1 Å². The second-order valence-electron chi connectivity index (χ2n) is 8.04. The van der Waals surface area contributed by atoms with Crippen LogP contribution in [0.3, 0.4) is 0 Å². The number of amides is 2. The Kier molecular flexibility index (Phi) is 4.33. The summed E-state index contributed by atoms with van der Waals surface area (Å²) < 4.78 is 16.1. The molecule has 7 nitrogen and oxygen atoms in total. The Bertz CT molecular complexity index is 921. The first-order chi connectivity index (χ1) is 13.2. The molecule has 0 aromatic carbocycles. The fourth-order valence-corrected chi connectivity index (χ4v) is 4.67. The number of hydrogen-bond donors (Lipinski definition) is 0. The predicted molar refractivity (Wildman–Crippen MR) is 100 cm³/mol. The number of carbonyl (C=O) groups is 3. The molecule has 0 bridgehead atoms. The van der Waals surface area contributed by atoms with Gasteiger partial charge in [-0.25, -0.2) is 14.5 Å². The number of rotatable bonds is 2. The normalized spacial score (nSPS) is 27.6. The standard InChI is InChI=1S/C20H21NO6S/c1-10-7-15(26-18(10)23)25-9-13-12-8-14-11(5-6-28-14)16(12)21(17(13)22)19(24)27-20(2,3)4/h5-7,9,12,15-16H,8H2,1-4H3. The first kappa shape index (κ1) is 18.7. The van der Waals surface area contributed by atoms with Crippen molar-refractivity contribution < 1.29 is 28.6 Å². The van der Waals surface area contributed by atoms with E-state index >= 15 is 0 Å². The van der Waals surface area contributed by atoms with Gasteiger partial charge in [-0.2, -0.15) is 0 Å². The largest absolute Gasteiger partial charge is 0.458 e. The van der Waals surface area contributed by atoms with Gasteiger partial charge in [0.25, 0.3) is 12.2 Å². The van der Waals surface area contributed by atoms with Gasteiger partial charge in [0, 0.05) is 22.4 Å². The minimum Gasteiger partial charge on any atom is -0.458 e. The zero-order valence-electron chi connectivity index (χ0n) is 16.1. The number of fused-ring (bicyclic) bond motifs is 3. The predicted octanol–water partition coefficient (Wildman–Crippen LogP) is 3.47. The summed E-state index contributed by atoms with van der Waals surface area (Å²) in [6.45, 7) is 6.92. The summed E-state index contributed by atoms with van der Waals surface area (Å²) in [5.41, 5.74) is 1.10. The SMILES string of the molecule is CC1=CC(OC=C2C(=O)N(C(=O)OC(C)(C)C)C3c4ccsc4CC23)OC1=O. The van der Waals surface area contributed by atoms with Crippen LogP contribution in [0, 0.1) is 5.92 Å². The van der Waals surface area contributed by atoms with Crippen molar-refractivity contribution in [3.8, 4) is 0 Å². The lowest BCUT2D eigenvalue weighted by molar-refractivity contribution is -0.152. The molecule has 0 saturated carbocycles. The van der Waals surface area contributed by atoms with Crippen LogP contribution in [0.5, 0.6) is 0 Å². The van der Waals surface area contributed by atoms with Crippen LogP contribution < -0.4 is 0 Å². The van der Waals surface area contributed by atoms with Gasteiger partial charge in [0.05, 0.1) is 17.9 Å². The quantitative estimate of drug-likeness (QED) is 0.427. The number of cyclic esters (lactones) is 1. The maximum Gasteiger partial charge on any atom is 0.417 e. The van der Waals surface area contributed by atoms with Gasteiger partial charge < -0.3 is 14.2 Å². The van der Waals surface area contributed by atoms with Crippen molar-refractivity contribution in [3.63, 3.8) is 0 Å². The van der Waals surface area contributed by atoms with Gasteiger partial charge in [-0.3, -0.25) is 4.79 Å². The van der Waals surface area contributed by atoms with Gasteiger partial charge in [0.15, 0.2) is 0 Å². The molecule has 4 rings (SSSR count). The van der Waals surface area contributed by atoms with Crippen molar-refractivity contribution in [2.75, 3.05) is 0 Å². The molecule has 8 heteroatoms. The molecule has 28 heavy (non-hydrogen) atoms. The number of ether oxygens (including phenoxy) is 3. The first-order valence-corrected chi connectivity index (χ1v) is 9.91. The Morgan fingerprint density at radius 3 is 2.75 bits per heavy atom. The summed E-state index contributed by atoms with van der Waals surface area (Å²) >= 11 is 1.61. The Morgan fingerprint density at radius 1 is 1.36 bits per heavy atom. The van der Waals surface area contributed by atoms with E-state index in [0.29, 0.717) is 17.6 Å². The number of carbonyl (C=O) groups excluding carboxylic acids is 3. The highest BCUT2D eigenvalue weighted by Crippen LogP contribution is 2.51. The van der Waals surface area contributed by atoms with Crippen LogP contribution in [0.4, 0.5) is 4.79 Å². The second kappa shape index (κ2) is 6.48. The number of hydrogen-bond acceptors (Lipinski definition) is 7. The Hall–Kier alpha value is -2.61. The lowest BCUT2D eigenvalue weighted by atomic mass is 9.97. The first-order valence-electron chi connectivity index (χ1n) is 9.03. The fourth-order valence-electron chi connectivity index (χ4n) is 3.69. The van der Waals surface area contributed by atoms with Crippen molar-refractivity contribution in [1.29, 1.82) is 0 Å². The smallest absolute Gasteiger partial charge is 0.417 e. The summed E-state index contributed by atoms with van der Waals surface area (Å²) in [4.78, 5) is 39.7. The van der Waals surface area contributed by atoms with Gasteiger partial charge in [-0.15, -0.1) is 11.3 Å². The summed E-state index contributed by atoms with van der Waals surface area (Å²) in [6.07, 6.45) is 1.99. The highest BCUT2D eigenvalue weighted by atomic mass is 32.1. The van der Waals surface area contributed by atoms with E-state index in [2.05, 4.69) is 0 Å².